The molecule has 0 heterocycles. The highest BCUT2D eigenvalue weighted by Crippen LogP contribution is 2.46. The number of fused-ring (bicyclic) bond motifs is 3. The van der Waals surface area contributed by atoms with Gasteiger partial charge in [0.25, 0.3) is 0 Å². The molecule has 0 aromatic heterocycles. The Balaban J connectivity index is 1.29. The molecule has 0 bridgehead atoms. The predicted molar refractivity (Wildman–Crippen MR) is 218 cm³/mol. The van der Waals surface area contributed by atoms with Crippen LogP contribution in [0.5, 0.6) is 0 Å². The molecule has 240 valence electrons. The zero-order chi connectivity index (χ0) is 34.0. The van der Waals surface area contributed by atoms with E-state index in [0.29, 0.717) is 0 Å². The predicted octanol–water partition coefficient (Wildman–Crippen LogP) is 14.1. The number of anilines is 3. The maximum Gasteiger partial charge on any atom is 0.0546 e. The molecule has 0 spiro atoms. The molecule has 0 aliphatic heterocycles. The van der Waals surface area contributed by atoms with Crippen molar-refractivity contribution in [2.75, 3.05) is 4.90 Å². The minimum Gasteiger partial charge on any atom is -0.310 e. The summed E-state index contributed by atoms with van der Waals surface area (Å²) in [6.45, 7) is 0. The van der Waals surface area contributed by atoms with Gasteiger partial charge in [-0.1, -0.05) is 182 Å². The van der Waals surface area contributed by atoms with Crippen LogP contribution in [0.4, 0.5) is 17.1 Å². The van der Waals surface area contributed by atoms with Crippen molar-refractivity contribution in [3.63, 3.8) is 0 Å². The maximum absolute atomic E-state index is 2.43. The van der Waals surface area contributed by atoms with E-state index in [4.69, 9.17) is 0 Å². The van der Waals surface area contributed by atoms with Gasteiger partial charge >= 0.3 is 0 Å². The largest absolute Gasteiger partial charge is 0.310 e. The van der Waals surface area contributed by atoms with Gasteiger partial charge in [-0.2, -0.15) is 0 Å². The van der Waals surface area contributed by atoms with Gasteiger partial charge in [0.1, 0.15) is 0 Å². The van der Waals surface area contributed by atoms with Crippen molar-refractivity contribution in [1.29, 1.82) is 0 Å². The number of nitrogens with zero attached hydrogens (tertiary/aromatic N) is 1. The third-order valence-electron chi connectivity index (χ3n) is 9.87. The quantitative estimate of drug-likeness (QED) is 0.155. The van der Waals surface area contributed by atoms with Crippen LogP contribution in [0.2, 0.25) is 0 Å². The molecule has 0 amide bonds. The summed E-state index contributed by atoms with van der Waals surface area (Å²) in [5.74, 6) is 0. The van der Waals surface area contributed by atoms with Crippen molar-refractivity contribution in [3.8, 4) is 44.5 Å². The zero-order valence-electron chi connectivity index (χ0n) is 28.2. The number of rotatable bonds is 7. The van der Waals surface area contributed by atoms with Crippen molar-refractivity contribution < 1.29 is 0 Å². The first-order valence-corrected chi connectivity index (χ1v) is 17.5. The van der Waals surface area contributed by atoms with E-state index in [9.17, 15) is 0 Å². The summed E-state index contributed by atoms with van der Waals surface area (Å²) < 4.78 is 0. The minimum absolute atomic E-state index is 1.10. The van der Waals surface area contributed by atoms with Crippen molar-refractivity contribution in [1.82, 2.24) is 0 Å². The lowest BCUT2D eigenvalue weighted by atomic mass is 9.89. The van der Waals surface area contributed by atoms with Crippen LogP contribution in [0.1, 0.15) is 0 Å². The van der Waals surface area contributed by atoms with Gasteiger partial charge in [-0.05, 0) is 91.0 Å². The van der Waals surface area contributed by atoms with Crippen LogP contribution >= 0.6 is 0 Å². The summed E-state index contributed by atoms with van der Waals surface area (Å²) >= 11 is 0. The average Bonchev–Trinajstić information content (AvgIpc) is 3.22. The lowest BCUT2D eigenvalue weighted by Gasteiger charge is -2.29. The molecule has 0 saturated carbocycles. The highest BCUT2D eigenvalue weighted by Gasteiger charge is 2.20. The minimum atomic E-state index is 1.10. The topological polar surface area (TPSA) is 3.24 Å². The maximum atomic E-state index is 2.43. The molecule has 51 heavy (non-hydrogen) atoms. The summed E-state index contributed by atoms with van der Waals surface area (Å²) in [5, 5.41) is 4.93. The van der Waals surface area contributed by atoms with Gasteiger partial charge in [0, 0.05) is 16.8 Å². The first-order chi connectivity index (χ1) is 25.3. The molecule has 1 nitrogen and oxygen atoms in total. The van der Waals surface area contributed by atoms with Gasteiger partial charge in [0.05, 0.1) is 5.69 Å². The molecule has 1 heteroatoms. The Bertz CT molecular complexity index is 2610. The monoisotopic (exact) mass is 649 g/mol. The summed E-state index contributed by atoms with van der Waals surface area (Å²) in [7, 11) is 0. The SMILES string of the molecule is c1ccc(-c2ccc(N(c3ccc(-c4ccccc4-c4ccccc4)c(-c4ccccc4)c3)c3cc4ccccc4c4ccccc34)cc2)cc1. The molecule has 0 aliphatic rings. The van der Waals surface area contributed by atoms with Gasteiger partial charge in [-0.15, -0.1) is 0 Å². The average molecular weight is 650 g/mol. The lowest BCUT2D eigenvalue weighted by Crippen LogP contribution is -2.11. The Labute approximate surface area is 299 Å². The van der Waals surface area contributed by atoms with Crippen LogP contribution in [-0.2, 0) is 0 Å². The van der Waals surface area contributed by atoms with Gasteiger partial charge < -0.3 is 4.90 Å². The van der Waals surface area contributed by atoms with Crippen molar-refractivity contribution in [2.24, 2.45) is 0 Å². The van der Waals surface area contributed by atoms with E-state index in [1.165, 1.54) is 66.1 Å². The lowest BCUT2D eigenvalue weighted by molar-refractivity contribution is 1.30. The number of benzene rings is 9. The first-order valence-electron chi connectivity index (χ1n) is 17.5. The second-order valence-corrected chi connectivity index (χ2v) is 12.9. The molecule has 9 aromatic rings. The molecular formula is C50H35N. The molecule has 0 saturated heterocycles. The Morgan fingerprint density at radius 1 is 0.255 bits per heavy atom. The standard InChI is InChI=1S/C50H35N/c1-4-16-36(17-5-1)37-28-30-41(31-29-37)51(50-34-40-22-10-11-24-44(40)46-26-14-15-27-48(46)50)42-32-33-47(49(35-42)39-20-8-3-9-21-39)45-25-13-12-23-43(45)38-18-6-2-7-19-38/h1-35H. The Hall–Kier alpha value is -6.70. The number of hydrogen-bond acceptors (Lipinski definition) is 1. The first kappa shape index (κ1) is 30.4. The second kappa shape index (κ2) is 13.3. The van der Waals surface area contributed by atoms with Gasteiger partial charge in [-0.3, -0.25) is 0 Å². The molecule has 9 aromatic carbocycles. The summed E-state index contributed by atoms with van der Waals surface area (Å²) in [6.07, 6.45) is 0. The fourth-order valence-electron chi connectivity index (χ4n) is 7.43. The van der Waals surface area contributed by atoms with Crippen LogP contribution in [0.15, 0.2) is 212 Å². The molecule has 0 atom stereocenters. The van der Waals surface area contributed by atoms with E-state index in [1.807, 2.05) is 0 Å². The molecule has 0 fully saturated rings. The van der Waals surface area contributed by atoms with Crippen LogP contribution in [0, 0.1) is 0 Å². The number of hydrogen-bond donors (Lipinski definition) is 0. The summed E-state index contributed by atoms with van der Waals surface area (Å²) in [4.78, 5) is 2.43. The van der Waals surface area contributed by atoms with E-state index in [0.717, 1.165) is 17.1 Å². The van der Waals surface area contributed by atoms with Crippen molar-refractivity contribution in [2.45, 2.75) is 0 Å². The summed E-state index contributed by atoms with van der Waals surface area (Å²) in [5.41, 5.74) is 13.0. The normalized spacial score (nSPS) is 11.1. The Kier molecular flexibility index (Phi) is 7.92. The van der Waals surface area contributed by atoms with Crippen LogP contribution in [0.3, 0.4) is 0 Å². The summed E-state index contributed by atoms with van der Waals surface area (Å²) in [6, 6.07) is 76.7. The van der Waals surface area contributed by atoms with Crippen LogP contribution in [0.25, 0.3) is 66.1 Å². The molecule has 0 N–H and O–H groups in total. The molecule has 0 radical (unpaired) electrons. The fourth-order valence-corrected chi connectivity index (χ4v) is 7.43. The molecule has 0 aliphatic carbocycles. The smallest absolute Gasteiger partial charge is 0.0546 e. The van der Waals surface area contributed by atoms with Gasteiger partial charge in [0.15, 0.2) is 0 Å². The third-order valence-corrected chi connectivity index (χ3v) is 9.87. The van der Waals surface area contributed by atoms with Crippen LogP contribution < -0.4 is 4.90 Å². The third kappa shape index (κ3) is 5.75. The van der Waals surface area contributed by atoms with Gasteiger partial charge in [0.2, 0.25) is 0 Å². The van der Waals surface area contributed by atoms with Crippen LogP contribution in [-0.4, -0.2) is 0 Å². The van der Waals surface area contributed by atoms with Crippen molar-refractivity contribution in [3.05, 3.63) is 212 Å². The molecular weight excluding hydrogens is 615 g/mol. The molecule has 0 unspecified atom stereocenters. The zero-order valence-corrected chi connectivity index (χ0v) is 28.2. The highest BCUT2D eigenvalue weighted by atomic mass is 15.1. The van der Waals surface area contributed by atoms with E-state index in [1.54, 1.807) is 0 Å². The van der Waals surface area contributed by atoms with E-state index in [2.05, 4.69) is 217 Å². The second-order valence-electron chi connectivity index (χ2n) is 12.9. The Morgan fingerprint density at radius 3 is 1.41 bits per heavy atom. The Morgan fingerprint density at radius 2 is 0.725 bits per heavy atom. The van der Waals surface area contributed by atoms with Crippen molar-refractivity contribution >= 4 is 38.6 Å². The fraction of sp³-hybridized carbons (Fsp3) is 0. The molecule has 9 rings (SSSR count). The van der Waals surface area contributed by atoms with E-state index < -0.39 is 0 Å². The highest BCUT2D eigenvalue weighted by molar-refractivity contribution is 6.14. The van der Waals surface area contributed by atoms with E-state index in [-0.39, 0.29) is 0 Å². The van der Waals surface area contributed by atoms with E-state index >= 15 is 0 Å². The van der Waals surface area contributed by atoms with Gasteiger partial charge in [-0.25, -0.2) is 0 Å².